The molecule has 3 heteroatoms. The van der Waals surface area contributed by atoms with E-state index in [1.165, 1.54) is 31.3 Å². The van der Waals surface area contributed by atoms with Crippen LogP contribution in [0.5, 0.6) is 0 Å². The molecule has 4 rings (SSSR count). The molecule has 0 aromatic rings. The molecule has 3 nitrogen and oxygen atoms in total. The van der Waals surface area contributed by atoms with Crippen molar-refractivity contribution < 1.29 is 15.0 Å². The van der Waals surface area contributed by atoms with Gasteiger partial charge in [-0.3, -0.25) is 4.79 Å². The molecule has 4 saturated carbocycles. The van der Waals surface area contributed by atoms with Crippen molar-refractivity contribution in [3.8, 4) is 0 Å². The molecule has 0 aromatic carbocycles. The van der Waals surface area contributed by atoms with Gasteiger partial charge >= 0.3 is 0 Å². The Morgan fingerprint density at radius 3 is 2.50 bits per heavy atom. The summed E-state index contributed by atoms with van der Waals surface area (Å²) in [6.45, 7) is 10.7. The van der Waals surface area contributed by atoms with Crippen LogP contribution in [0.3, 0.4) is 0 Å². The molecule has 5 unspecified atom stereocenters. The lowest BCUT2D eigenvalue weighted by molar-refractivity contribution is -0.121. The minimum absolute atomic E-state index is 0. The largest absolute Gasteiger partial charge is 0.393 e. The topological polar surface area (TPSA) is 57.5 Å². The molecule has 4 fully saturated rings. The molecular formula is C29H44O3. The number of aliphatic hydroxyl groups excluding tert-OH is 2. The van der Waals surface area contributed by atoms with Crippen LogP contribution >= 0.6 is 0 Å². The first-order chi connectivity index (χ1) is 14.6. The molecule has 0 aliphatic heterocycles. The summed E-state index contributed by atoms with van der Waals surface area (Å²) >= 11 is 0. The highest BCUT2D eigenvalue weighted by atomic mass is 16.3. The highest BCUT2D eigenvalue weighted by Gasteiger charge is 2.48. The van der Waals surface area contributed by atoms with Crippen LogP contribution in [0.15, 0.2) is 47.1 Å². The third-order valence-electron chi connectivity index (χ3n) is 9.00. The normalized spacial score (nSPS) is 40.7. The monoisotopic (exact) mass is 440 g/mol. The molecule has 0 amide bonds. The molecule has 5 atom stereocenters. The van der Waals surface area contributed by atoms with E-state index in [0.717, 1.165) is 42.4 Å². The van der Waals surface area contributed by atoms with Gasteiger partial charge < -0.3 is 10.2 Å². The molecular weight excluding hydrogens is 396 g/mol. The molecule has 4 aliphatic rings. The van der Waals surface area contributed by atoms with E-state index in [1.807, 2.05) is 0 Å². The average Bonchev–Trinajstić information content (AvgIpc) is 3.18. The second-order valence-corrected chi connectivity index (χ2v) is 11.4. The molecule has 0 saturated heterocycles. The van der Waals surface area contributed by atoms with Crippen molar-refractivity contribution in [2.45, 2.75) is 105 Å². The van der Waals surface area contributed by atoms with Crippen molar-refractivity contribution in [2.75, 3.05) is 0 Å². The Kier molecular flexibility index (Phi) is 7.42. The van der Waals surface area contributed by atoms with Crippen molar-refractivity contribution >= 4 is 5.78 Å². The molecule has 0 spiro atoms. The lowest BCUT2D eigenvalue weighted by Gasteiger charge is -2.42. The Balaban J connectivity index is 0.00000289. The smallest absolute Gasteiger partial charge is 0.164 e. The first kappa shape index (κ1) is 25.2. The summed E-state index contributed by atoms with van der Waals surface area (Å²) in [5, 5.41) is 20.2. The molecule has 2 N–H and O–H groups in total. The average molecular weight is 441 g/mol. The molecule has 178 valence electrons. The number of aliphatic hydroxyl groups is 2. The zero-order valence-electron chi connectivity index (χ0n) is 19.6. The highest BCUT2D eigenvalue weighted by Crippen LogP contribution is 2.58. The molecule has 0 radical (unpaired) electrons. The van der Waals surface area contributed by atoms with Crippen LogP contribution in [0.25, 0.3) is 0 Å². The maximum Gasteiger partial charge on any atom is 0.164 e. The van der Waals surface area contributed by atoms with Crippen LogP contribution in [-0.2, 0) is 4.79 Å². The first-order valence-corrected chi connectivity index (χ1v) is 12.3. The van der Waals surface area contributed by atoms with Crippen molar-refractivity contribution in [3.05, 3.63) is 47.1 Å². The van der Waals surface area contributed by atoms with E-state index < -0.39 is 12.2 Å². The molecule has 0 aromatic heterocycles. The van der Waals surface area contributed by atoms with Crippen molar-refractivity contribution in [1.82, 2.24) is 0 Å². The van der Waals surface area contributed by atoms with Crippen molar-refractivity contribution in [3.63, 3.8) is 0 Å². The maximum absolute atomic E-state index is 12.6. The third kappa shape index (κ3) is 4.61. The first-order valence-electron chi connectivity index (χ1n) is 12.3. The fourth-order valence-electron chi connectivity index (χ4n) is 6.79. The number of carbonyl (C=O) groups is 1. The fourth-order valence-corrected chi connectivity index (χ4v) is 6.79. The van der Waals surface area contributed by atoms with E-state index in [9.17, 15) is 15.0 Å². The van der Waals surface area contributed by atoms with Gasteiger partial charge in [0.2, 0.25) is 0 Å². The number of ketones is 1. The van der Waals surface area contributed by atoms with E-state index in [1.54, 1.807) is 0 Å². The van der Waals surface area contributed by atoms with Crippen LogP contribution in [-0.4, -0.2) is 28.2 Å². The van der Waals surface area contributed by atoms with Gasteiger partial charge in [0.1, 0.15) is 0 Å². The summed E-state index contributed by atoms with van der Waals surface area (Å²) in [6, 6.07) is 0. The summed E-state index contributed by atoms with van der Waals surface area (Å²) in [5.41, 5.74) is 4.48. The number of rotatable bonds is 3. The maximum atomic E-state index is 12.6. The van der Waals surface area contributed by atoms with Gasteiger partial charge in [-0.15, -0.1) is 0 Å². The van der Waals surface area contributed by atoms with Crippen molar-refractivity contribution in [1.29, 1.82) is 0 Å². The SMILES string of the molecule is C.C=C1/C(=C\C=C2/CCCC3(C)C(C/C=C4\CCC(C)(C)C4=O)CCC23)CC(O)CC1O. The summed E-state index contributed by atoms with van der Waals surface area (Å²) in [5.74, 6) is 1.61. The van der Waals surface area contributed by atoms with Crippen LogP contribution in [0.1, 0.15) is 92.4 Å². The van der Waals surface area contributed by atoms with Gasteiger partial charge in [-0.25, -0.2) is 0 Å². The van der Waals surface area contributed by atoms with Gasteiger partial charge in [0.15, 0.2) is 5.78 Å². The van der Waals surface area contributed by atoms with Crippen LogP contribution in [0, 0.1) is 22.7 Å². The predicted octanol–water partition coefficient (Wildman–Crippen LogP) is 6.47. The van der Waals surface area contributed by atoms with E-state index in [-0.39, 0.29) is 12.8 Å². The van der Waals surface area contributed by atoms with E-state index in [4.69, 9.17) is 0 Å². The minimum atomic E-state index is -0.628. The second-order valence-electron chi connectivity index (χ2n) is 11.4. The Morgan fingerprint density at radius 2 is 1.81 bits per heavy atom. The highest BCUT2D eigenvalue weighted by molar-refractivity contribution is 6.01. The van der Waals surface area contributed by atoms with Crippen LogP contribution in [0.2, 0.25) is 0 Å². The fraction of sp³-hybridized carbons (Fsp3) is 0.690. The Bertz CT molecular complexity index is 842. The third-order valence-corrected chi connectivity index (χ3v) is 9.00. The number of allylic oxidation sites excluding steroid dienone is 5. The molecule has 0 bridgehead atoms. The standard InChI is InChI=1S/C28H40O3.CH4/c1-18-21(16-23(29)17-25(18)30)8-7-19-6-5-14-28(4)22(11-12-24(19)28)10-9-20-13-15-27(2,3)26(20)31;/h7-9,22-25,29-30H,1,5-6,10-17H2,2-4H3;1H4/b19-7+,20-9+,21-8-;. The Morgan fingerprint density at radius 1 is 1.06 bits per heavy atom. The number of Topliss-reactive ketones (excluding diaryl/α,β-unsaturated/α-hetero) is 1. The quantitative estimate of drug-likeness (QED) is 0.495. The molecule has 0 heterocycles. The van der Waals surface area contributed by atoms with Crippen molar-refractivity contribution in [2.24, 2.45) is 22.7 Å². The van der Waals surface area contributed by atoms with E-state index in [0.29, 0.717) is 35.9 Å². The predicted molar refractivity (Wildman–Crippen MR) is 132 cm³/mol. The number of fused-ring (bicyclic) bond motifs is 1. The summed E-state index contributed by atoms with van der Waals surface area (Å²) < 4.78 is 0. The Labute approximate surface area is 195 Å². The number of hydrogen-bond acceptors (Lipinski definition) is 3. The minimum Gasteiger partial charge on any atom is -0.393 e. The summed E-state index contributed by atoms with van der Waals surface area (Å²) in [7, 11) is 0. The van der Waals surface area contributed by atoms with Gasteiger partial charge in [0.05, 0.1) is 12.2 Å². The molecule has 4 aliphatic carbocycles. The second kappa shape index (κ2) is 9.43. The Hall–Kier alpha value is -1.45. The van der Waals surface area contributed by atoms with Gasteiger partial charge in [-0.2, -0.15) is 0 Å². The van der Waals surface area contributed by atoms with Gasteiger partial charge in [0, 0.05) is 11.8 Å². The number of carbonyl (C=O) groups excluding carboxylic acids is 1. The van der Waals surface area contributed by atoms with Crippen LogP contribution in [0.4, 0.5) is 0 Å². The lowest BCUT2D eigenvalue weighted by atomic mass is 9.63. The van der Waals surface area contributed by atoms with Gasteiger partial charge in [-0.05, 0) is 91.8 Å². The van der Waals surface area contributed by atoms with Crippen LogP contribution < -0.4 is 0 Å². The number of hydrogen-bond donors (Lipinski definition) is 2. The van der Waals surface area contributed by atoms with Gasteiger partial charge in [-0.1, -0.05) is 58.6 Å². The summed E-state index contributed by atoms with van der Waals surface area (Å²) in [6.07, 6.45) is 15.6. The van der Waals surface area contributed by atoms with E-state index >= 15 is 0 Å². The van der Waals surface area contributed by atoms with Gasteiger partial charge in [0.25, 0.3) is 0 Å². The lowest BCUT2D eigenvalue weighted by Crippen LogP contribution is -2.33. The van der Waals surface area contributed by atoms with E-state index in [2.05, 4.69) is 45.6 Å². The molecule has 32 heavy (non-hydrogen) atoms. The zero-order valence-corrected chi connectivity index (χ0v) is 19.6. The summed E-state index contributed by atoms with van der Waals surface area (Å²) in [4.78, 5) is 12.6. The zero-order chi connectivity index (χ0) is 22.4.